The highest BCUT2D eigenvalue weighted by molar-refractivity contribution is 7.09. The molecular formula is C15H17N3O2S. The fourth-order valence-electron chi connectivity index (χ4n) is 1.84. The smallest absolute Gasteiger partial charge is 0.315 e. The maximum absolute atomic E-state index is 11.6. The minimum atomic E-state index is -0.446. The number of primary amides is 1. The van der Waals surface area contributed by atoms with E-state index in [9.17, 15) is 9.59 Å². The molecule has 21 heavy (non-hydrogen) atoms. The Morgan fingerprint density at radius 1 is 1.14 bits per heavy atom. The van der Waals surface area contributed by atoms with E-state index in [1.165, 1.54) is 0 Å². The summed E-state index contributed by atoms with van der Waals surface area (Å²) in [5.41, 5.74) is 6.67. The largest absolute Gasteiger partial charge is 0.366 e. The lowest BCUT2D eigenvalue weighted by atomic mass is 10.1. The quantitative estimate of drug-likeness (QED) is 0.761. The molecule has 0 unspecified atom stereocenters. The Morgan fingerprint density at radius 3 is 2.71 bits per heavy atom. The lowest BCUT2D eigenvalue weighted by molar-refractivity contribution is 0.1000. The van der Waals surface area contributed by atoms with Gasteiger partial charge in [0.05, 0.1) is 6.54 Å². The van der Waals surface area contributed by atoms with Crippen LogP contribution in [0.2, 0.25) is 0 Å². The number of carbonyl (C=O) groups excluding carboxylic acids is 2. The van der Waals surface area contributed by atoms with Crippen LogP contribution in [0.15, 0.2) is 41.8 Å². The van der Waals surface area contributed by atoms with Gasteiger partial charge in [0.1, 0.15) is 0 Å². The zero-order valence-corrected chi connectivity index (χ0v) is 12.3. The van der Waals surface area contributed by atoms with Gasteiger partial charge in [-0.1, -0.05) is 18.2 Å². The minimum Gasteiger partial charge on any atom is -0.366 e. The molecule has 0 bridgehead atoms. The molecule has 0 fully saturated rings. The predicted molar refractivity (Wildman–Crippen MR) is 83.2 cm³/mol. The van der Waals surface area contributed by atoms with E-state index in [2.05, 4.69) is 10.6 Å². The first-order valence-electron chi connectivity index (χ1n) is 6.58. The highest BCUT2D eigenvalue weighted by Gasteiger charge is 2.03. The van der Waals surface area contributed by atoms with Gasteiger partial charge in [0.25, 0.3) is 0 Å². The zero-order valence-electron chi connectivity index (χ0n) is 11.5. The van der Waals surface area contributed by atoms with E-state index in [0.717, 1.165) is 10.4 Å². The molecule has 3 amide bonds. The summed E-state index contributed by atoms with van der Waals surface area (Å²) in [6, 6.07) is 10.8. The summed E-state index contributed by atoms with van der Waals surface area (Å²) in [4.78, 5) is 23.8. The first kappa shape index (κ1) is 15.1. The number of nitrogens with two attached hydrogens (primary N) is 1. The minimum absolute atomic E-state index is 0.200. The standard InChI is InChI=1S/C15H17N3O2S/c16-14(19)12-4-1-3-11(9-12)6-7-17-15(20)18-10-13-5-2-8-21-13/h1-5,8-9H,6-7,10H2,(H2,16,19)(H2,17,18,20). The number of benzene rings is 1. The monoisotopic (exact) mass is 303 g/mol. The van der Waals surface area contributed by atoms with Crippen LogP contribution in [0.1, 0.15) is 20.8 Å². The molecule has 6 heteroatoms. The molecule has 0 saturated carbocycles. The van der Waals surface area contributed by atoms with Gasteiger partial charge < -0.3 is 16.4 Å². The second-order valence-corrected chi connectivity index (χ2v) is 5.54. The van der Waals surface area contributed by atoms with E-state index in [-0.39, 0.29) is 6.03 Å². The van der Waals surface area contributed by atoms with Crippen molar-refractivity contribution in [2.45, 2.75) is 13.0 Å². The van der Waals surface area contributed by atoms with Crippen molar-refractivity contribution in [2.75, 3.05) is 6.54 Å². The second-order valence-electron chi connectivity index (χ2n) is 4.50. The highest BCUT2D eigenvalue weighted by atomic mass is 32.1. The molecule has 0 spiro atoms. The normalized spacial score (nSPS) is 10.1. The summed E-state index contributed by atoms with van der Waals surface area (Å²) in [5, 5.41) is 7.54. The van der Waals surface area contributed by atoms with Crippen LogP contribution in [0.25, 0.3) is 0 Å². The van der Waals surface area contributed by atoms with Crippen LogP contribution in [0.3, 0.4) is 0 Å². The van der Waals surface area contributed by atoms with Crippen LogP contribution in [-0.2, 0) is 13.0 Å². The lowest BCUT2D eigenvalue weighted by Gasteiger charge is -2.07. The van der Waals surface area contributed by atoms with Crippen molar-refractivity contribution >= 4 is 23.3 Å². The van der Waals surface area contributed by atoms with Crippen LogP contribution in [0, 0.1) is 0 Å². The molecule has 1 aromatic carbocycles. The number of urea groups is 1. The Kier molecular flexibility index (Phi) is 5.34. The molecule has 110 valence electrons. The number of amides is 3. The van der Waals surface area contributed by atoms with Gasteiger partial charge >= 0.3 is 6.03 Å². The van der Waals surface area contributed by atoms with E-state index in [0.29, 0.717) is 25.1 Å². The van der Waals surface area contributed by atoms with Crippen LogP contribution < -0.4 is 16.4 Å². The van der Waals surface area contributed by atoms with Crippen LogP contribution >= 0.6 is 11.3 Å². The Bertz CT molecular complexity index is 611. The summed E-state index contributed by atoms with van der Waals surface area (Å²) in [5.74, 6) is -0.446. The van der Waals surface area contributed by atoms with Crippen molar-refractivity contribution in [3.05, 3.63) is 57.8 Å². The molecule has 1 aromatic heterocycles. The first-order valence-corrected chi connectivity index (χ1v) is 7.46. The Hall–Kier alpha value is -2.34. The molecule has 0 aliphatic heterocycles. The van der Waals surface area contributed by atoms with E-state index in [4.69, 9.17) is 5.73 Å². The Morgan fingerprint density at radius 2 is 2.00 bits per heavy atom. The third-order valence-corrected chi connectivity index (χ3v) is 3.79. The molecule has 0 atom stereocenters. The fourth-order valence-corrected chi connectivity index (χ4v) is 2.49. The van der Waals surface area contributed by atoms with Gasteiger partial charge in [-0.15, -0.1) is 11.3 Å². The first-order chi connectivity index (χ1) is 10.1. The highest BCUT2D eigenvalue weighted by Crippen LogP contribution is 2.07. The maximum Gasteiger partial charge on any atom is 0.315 e. The predicted octanol–water partition coefficient (Wildman–Crippen LogP) is 1.89. The number of rotatable bonds is 6. The molecule has 5 nitrogen and oxygen atoms in total. The van der Waals surface area contributed by atoms with E-state index < -0.39 is 5.91 Å². The topological polar surface area (TPSA) is 84.2 Å². The average Bonchev–Trinajstić information content (AvgIpc) is 2.99. The Labute approximate surface area is 127 Å². The molecule has 0 radical (unpaired) electrons. The fraction of sp³-hybridized carbons (Fsp3) is 0.200. The number of thiophene rings is 1. The summed E-state index contributed by atoms with van der Waals surface area (Å²) in [6.45, 7) is 1.03. The van der Waals surface area contributed by atoms with Crippen molar-refractivity contribution in [1.29, 1.82) is 0 Å². The number of hydrogen-bond donors (Lipinski definition) is 3. The summed E-state index contributed by atoms with van der Waals surface area (Å²) in [6.07, 6.45) is 0.646. The molecule has 0 aliphatic rings. The number of carbonyl (C=O) groups is 2. The van der Waals surface area contributed by atoms with Crippen molar-refractivity contribution in [1.82, 2.24) is 10.6 Å². The van der Waals surface area contributed by atoms with Crippen molar-refractivity contribution in [3.63, 3.8) is 0 Å². The maximum atomic E-state index is 11.6. The van der Waals surface area contributed by atoms with E-state index >= 15 is 0 Å². The molecule has 2 rings (SSSR count). The summed E-state index contributed by atoms with van der Waals surface area (Å²) in [7, 11) is 0. The van der Waals surface area contributed by atoms with Crippen LogP contribution in [0.5, 0.6) is 0 Å². The van der Waals surface area contributed by atoms with E-state index in [1.807, 2.05) is 23.6 Å². The number of hydrogen-bond acceptors (Lipinski definition) is 3. The molecule has 0 aliphatic carbocycles. The zero-order chi connectivity index (χ0) is 15.1. The van der Waals surface area contributed by atoms with Gasteiger partial charge in [-0.3, -0.25) is 4.79 Å². The van der Waals surface area contributed by atoms with Gasteiger partial charge in [0.2, 0.25) is 5.91 Å². The molecule has 2 aromatic rings. The van der Waals surface area contributed by atoms with Crippen LogP contribution in [0.4, 0.5) is 4.79 Å². The second kappa shape index (κ2) is 7.44. The summed E-state index contributed by atoms with van der Waals surface area (Å²) >= 11 is 1.60. The van der Waals surface area contributed by atoms with Crippen molar-refractivity contribution < 1.29 is 9.59 Å². The molecule has 1 heterocycles. The van der Waals surface area contributed by atoms with Crippen molar-refractivity contribution in [3.8, 4) is 0 Å². The van der Waals surface area contributed by atoms with Gasteiger partial charge in [0, 0.05) is 17.0 Å². The van der Waals surface area contributed by atoms with Gasteiger partial charge in [-0.2, -0.15) is 0 Å². The molecule has 0 saturated heterocycles. The van der Waals surface area contributed by atoms with Crippen LogP contribution in [-0.4, -0.2) is 18.5 Å². The van der Waals surface area contributed by atoms with Gasteiger partial charge in [-0.25, -0.2) is 4.79 Å². The Balaban J connectivity index is 1.72. The number of nitrogens with one attached hydrogen (secondary N) is 2. The summed E-state index contributed by atoms with van der Waals surface area (Å²) < 4.78 is 0. The van der Waals surface area contributed by atoms with Gasteiger partial charge in [0.15, 0.2) is 0 Å². The SMILES string of the molecule is NC(=O)c1cccc(CCNC(=O)NCc2cccs2)c1. The van der Waals surface area contributed by atoms with E-state index in [1.54, 1.807) is 29.5 Å². The third-order valence-electron chi connectivity index (χ3n) is 2.91. The average molecular weight is 303 g/mol. The molecular weight excluding hydrogens is 286 g/mol. The molecule has 4 N–H and O–H groups in total. The third kappa shape index (κ3) is 4.92. The van der Waals surface area contributed by atoms with Crippen molar-refractivity contribution in [2.24, 2.45) is 5.73 Å². The van der Waals surface area contributed by atoms with Gasteiger partial charge in [-0.05, 0) is 35.6 Å². The lowest BCUT2D eigenvalue weighted by Crippen LogP contribution is -2.36.